The van der Waals surface area contributed by atoms with E-state index in [4.69, 9.17) is 17.3 Å². The molecule has 0 atom stereocenters. The molecule has 1 rings (SSSR count). The number of anilines is 1. The number of rotatable bonds is 5. The van der Waals surface area contributed by atoms with Crippen molar-refractivity contribution < 1.29 is 18.4 Å². The van der Waals surface area contributed by atoms with Gasteiger partial charge in [-0.3, -0.25) is 4.79 Å². The number of alkyl halides is 2. The van der Waals surface area contributed by atoms with E-state index in [9.17, 15) is 13.6 Å². The molecule has 2 N–H and O–H groups in total. The summed E-state index contributed by atoms with van der Waals surface area (Å²) in [6.45, 7) is -0.951. The van der Waals surface area contributed by atoms with Crippen molar-refractivity contribution in [1.29, 1.82) is 0 Å². The van der Waals surface area contributed by atoms with Crippen molar-refractivity contribution in [3.63, 3.8) is 0 Å². The Morgan fingerprint density at radius 1 is 1.69 bits per heavy atom. The van der Waals surface area contributed by atoms with Crippen LogP contribution in [0.5, 0.6) is 0 Å². The summed E-state index contributed by atoms with van der Waals surface area (Å²) in [5, 5.41) is 2.20. The van der Waals surface area contributed by atoms with E-state index in [1.54, 1.807) is 0 Å². The summed E-state index contributed by atoms with van der Waals surface area (Å²) in [7, 11) is 0. The molecule has 0 fully saturated rings. The van der Waals surface area contributed by atoms with Gasteiger partial charge in [-0.15, -0.1) is 0 Å². The van der Waals surface area contributed by atoms with Crippen LogP contribution in [0.3, 0.4) is 0 Å². The van der Waals surface area contributed by atoms with E-state index in [0.717, 1.165) is 11.5 Å². The highest BCUT2D eigenvalue weighted by molar-refractivity contribution is 7.09. The minimum absolute atomic E-state index is 0.0921. The third kappa shape index (κ3) is 3.66. The van der Waals surface area contributed by atoms with Gasteiger partial charge < -0.3 is 10.6 Å². The van der Waals surface area contributed by atoms with E-state index < -0.39 is 24.0 Å². The fraction of sp³-hybridized carbons (Fsp3) is 0.333. The first-order valence-electron chi connectivity index (χ1n) is 3.78. The van der Waals surface area contributed by atoms with Gasteiger partial charge in [0.25, 0.3) is 11.7 Å². The Morgan fingerprint density at radius 2 is 2.38 bits per heavy atom. The minimum Gasteiger partial charge on any atom is -0.389 e. The first-order valence-corrected chi connectivity index (χ1v) is 4.93. The molecule has 0 unspecified atom stereocenters. The van der Waals surface area contributed by atoms with Crippen LogP contribution in [0, 0.1) is 0 Å². The highest BCUT2D eigenvalue weighted by Crippen LogP contribution is 2.08. The molecule has 16 heavy (non-hydrogen) atoms. The number of nitrogen functional groups attached to an aromatic ring is 1. The van der Waals surface area contributed by atoms with Crippen molar-refractivity contribution >= 4 is 39.2 Å². The lowest BCUT2D eigenvalue weighted by Crippen LogP contribution is -2.13. The predicted molar refractivity (Wildman–Crippen MR) is 53.7 cm³/mol. The zero-order valence-corrected chi connectivity index (χ0v) is 9.13. The average Bonchev–Trinajstić information content (AvgIpc) is 2.58. The SMILES string of the molecule is Nc1nc(C(=NOCC(F)F)C(=O)Cl)ns1. The molecule has 1 aromatic heterocycles. The summed E-state index contributed by atoms with van der Waals surface area (Å²) in [6.07, 6.45) is -2.70. The highest BCUT2D eigenvalue weighted by Gasteiger charge is 2.18. The van der Waals surface area contributed by atoms with Crippen LogP contribution < -0.4 is 5.73 Å². The lowest BCUT2D eigenvalue weighted by Gasteiger charge is -1.98. The third-order valence-corrected chi connectivity index (χ3v) is 1.92. The standard InChI is InChI=1S/C6H5ClF2N4O2S/c7-4(14)3(12-15-1-2(8)9)5-11-6(10)16-13-5/h2H,1H2,(H2,10,11,13). The van der Waals surface area contributed by atoms with Gasteiger partial charge in [0.2, 0.25) is 11.5 Å². The Labute approximate surface area is 97.2 Å². The largest absolute Gasteiger partial charge is 0.389 e. The lowest BCUT2D eigenvalue weighted by atomic mass is 10.4. The lowest BCUT2D eigenvalue weighted by molar-refractivity contribution is -0.106. The van der Waals surface area contributed by atoms with E-state index in [-0.39, 0.29) is 11.0 Å². The molecule has 1 aromatic rings. The zero-order chi connectivity index (χ0) is 12.1. The quantitative estimate of drug-likeness (QED) is 0.487. The predicted octanol–water partition coefficient (Wildman–Crippen LogP) is 0.871. The van der Waals surface area contributed by atoms with Crippen LogP contribution in [0.1, 0.15) is 5.82 Å². The van der Waals surface area contributed by atoms with Crippen molar-refractivity contribution in [2.45, 2.75) is 6.43 Å². The second kappa shape index (κ2) is 5.66. The maximum absolute atomic E-state index is 11.7. The number of carbonyl (C=O) groups is 1. The number of oxime groups is 1. The maximum atomic E-state index is 11.7. The summed E-state index contributed by atoms with van der Waals surface area (Å²) >= 11 is 5.96. The Balaban J connectivity index is 2.79. The van der Waals surface area contributed by atoms with Crippen LogP contribution in [-0.4, -0.2) is 33.3 Å². The Kier molecular flexibility index (Phi) is 4.50. The molecule has 0 bridgehead atoms. The van der Waals surface area contributed by atoms with Gasteiger partial charge in [-0.2, -0.15) is 9.36 Å². The monoisotopic (exact) mass is 270 g/mol. The van der Waals surface area contributed by atoms with Crippen LogP contribution in [0.4, 0.5) is 13.9 Å². The molecular weight excluding hydrogens is 266 g/mol. The zero-order valence-electron chi connectivity index (χ0n) is 7.56. The smallest absolute Gasteiger partial charge is 0.278 e. The molecule has 88 valence electrons. The van der Waals surface area contributed by atoms with Crippen LogP contribution in [0.2, 0.25) is 0 Å². The van der Waals surface area contributed by atoms with Crippen molar-refractivity contribution in [3.8, 4) is 0 Å². The summed E-state index contributed by atoms with van der Waals surface area (Å²) in [5.74, 6) is -0.156. The molecule has 0 aliphatic carbocycles. The van der Waals surface area contributed by atoms with E-state index in [2.05, 4.69) is 19.4 Å². The van der Waals surface area contributed by atoms with E-state index in [1.807, 2.05) is 0 Å². The van der Waals surface area contributed by atoms with E-state index >= 15 is 0 Å². The Bertz CT molecular complexity index is 411. The fourth-order valence-electron chi connectivity index (χ4n) is 0.654. The minimum atomic E-state index is -2.70. The first-order chi connectivity index (χ1) is 7.50. The number of aromatic nitrogens is 2. The number of nitrogens with two attached hydrogens (primary N) is 1. The number of halogens is 3. The molecular formula is C6H5ClF2N4O2S. The van der Waals surface area contributed by atoms with Crippen LogP contribution in [0.15, 0.2) is 5.16 Å². The molecule has 0 spiro atoms. The Hall–Kier alpha value is -1.35. The average molecular weight is 271 g/mol. The van der Waals surface area contributed by atoms with Crippen LogP contribution in [0.25, 0.3) is 0 Å². The van der Waals surface area contributed by atoms with Gasteiger partial charge in [-0.05, 0) is 11.6 Å². The second-order valence-electron chi connectivity index (χ2n) is 2.36. The molecule has 0 amide bonds. The van der Waals surface area contributed by atoms with Crippen molar-refractivity contribution in [2.75, 3.05) is 12.3 Å². The summed E-state index contributed by atoms with van der Waals surface area (Å²) in [5.41, 5.74) is 4.81. The maximum Gasteiger partial charge on any atom is 0.278 e. The summed E-state index contributed by atoms with van der Waals surface area (Å²) < 4.78 is 27.1. The molecule has 0 aromatic carbocycles. The van der Waals surface area contributed by atoms with Crippen LogP contribution in [-0.2, 0) is 9.63 Å². The topological polar surface area (TPSA) is 90.5 Å². The third-order valence-electron chi connectivity index (χ3n) is 1.20. The number of hydrogen-bond donors (Lipinski definition) is 1. The van der Waals surface area contributed by atoms with Crippen molar-refractivity contribution in [1.82, 2.24) is 9.36 Å². The van der Waals surface area contributed by atoms with Gasteiger partial charge in [0.15, 0.2) is 11.7 Å². The van der Waals surface area contributed by atoms with E-state index in [1.165, 1.54) is 0 Å². The van der Waals surface area contributed by atoms with Crippen molar-refractivity contribution in [3.05, 3.63) is 5.82 Å². The fourth-order valence-corrected chi connectivity index (χ4v) is 1.21. The molecule has 0 saturated carbocycles. The number of hydrogen-bond acceptors (Lipinski definition) is 7. The molecule has 6 nitrogen and oxygen atoms in total. The molecule has 0 aliphatic heterocycles. The second-order valence-corrected chi connectivity index (χ2v) is 3.48. The molecule has 0 radical (unpaired) electrons. The van der Waals surface area contributed by atoms with Gasteiger partial charge in [0, 0.05) is 11.5 Å². The molecule has 1 heterocycles. The molecule has 10 heteroatoms. The molecule has 0 aliphatic rings. The first kappa shape index (κ1) is 12.7. The number of carbonyl (C=O) groups excluding carboxylic acids is 1. The van der Waals surface area contributed by atoms with Gasteiger partial charge in [-0.1, -0.05) is 5.16 Å². The summed E-state index contributed by atoms with van der Waals surface area (Å²) in [4.78, 5) is 18.7. The Morgan fingerprint density at radius 3 is 2.81 bits per heavy atom. The number of nitrogens with zero attached hydrogens (tertiary/aromatic N) is 3. The van der Waals surface area contributed by atoms with Gasteiger partial charge in [0.1, 0.15) is 0 Å². The van der Waals surface area contributed by atoms with Crippen molar-refractivity contribution in [2.24, 2.45) is 5.16 Å². The summed E-state index contributed by atoms with van der Waals surface area (Å²) in [6, 6.07) is 0. The van der Waals surface area contributed by atoms with Gasteiger partial charge >= 0.3 is 0 Å². The van der Waals surface area contributed by atoms with Gasteiger partial charge in [-0.25, -0.2) is 8.78 Å². The molecule has 0 saturated heterocycles. The van der Waals surface area contributed by atoms with Crippen LogP contribution >= 0.6 is 23.1 Å². The highest BCUT2D eigenvalue weighted by atomic mass is 35.5. The van der Waals surface area contributed by atoms with Gasteiger partial charge in [0.05, 0.1) is 0 Å². The van der Waals surface area contributed by atoms with E-state index in [0.29, 0.717) is 0 Å². The normalized spacial score (nSPS) is 11.9.